The number of pyridine rings is 1. The molecule has 0 amide bonds. The molecule has 0 aliphatic heterocycles. The zero-order chi connectivity index (χ0) is 13.8. The molecule has 0 fully saturated rings. The van der Waals surface area contributed by atoms with Crippen molar-refractivity contribution in [2.45, 2.75) is 11.1 Å². The van der Waals surface area contributed by atoms with Crippen molar-refractivity contribution < 1.29 is 20.1 Å². The predicted molar refractivity (Wildman–Crippen MR) is 72.5 cm³/mol. The second-order valence-corrected chi connectivity index (χ2v) is 5.01. The van der Waals surface area contributed by atoms with Gasteiger partial charge in [0, 0.05) is 11.1 Å². The number of aromatic nitrogens is 1. The highest BCUT2D eigenvalue weighted by molar-refractivity contribution is 7.99. The number of benzene rings is 1. The molecule has 0 bridgehead atoms. The van der Waals surface area contributed by atoms with Gasteiger partial charge in [-0.2, -0.15) is 0 Å². The maximum atomic E-state index is 11.1. The molecule has 19 heavy (non-hydrogen) atoms. The molecule has 1 unspecified atom stereocenters. The number of aliphatic hydroxyl groups is 2. The Kier molecular flexibility index (Phi) is 4.36. The van der Waals surface area contributed by atoms with Crippen molar-refractivity contribution in [3.8, 4) is 0 Å². The zero-order valence-corrected chi connectivity index (χ0v) is 10.8. The Morgan fingerprint density at radius 2 is 2.11 bits per heavy atom. The van der Waals surface area contributed by atoms with Crippen LogP contribution in [0.15, 0.2) is 35.4 Å². The van der Waals surface area contributed by atoms with Crippen LogP contribution in [0, 0.1) is 0 Å². The number of aromatic carboxylic acids is 1. The molecule has 2 aromatic rings. The molecular formula is C13H13NO4S. The Morgan fingerprint density at radius 1 is 1.32 bits per heavy atom. The SMILES string of the molecule is O=C(O)c1cccc2nc(SCC(O)CO)ccc12. The van der Waals surface area contributed by atoms with Crippen LogP contribution >= 0.6 is 11.8 Å². The number of aliphatic hydroxyl groups excluding tert-OH is 2. The van der Waals surface area contributed by atoms with Crippen LogP contribution in [-0.4, -0.2) is 44.7 Å². The fraction of sp³-hybridized carbons (Fsp3) is 0.231. The molecule has 1 aromatic heterocycles. The Hall–Kier alpha value is -1.63. The first kappa shape index (κ1) is 13.8. The molecule has 100 valence electrons. The van der Waals surface area contributed by atoms with Crippen molar-refractivity contribution in [3.63, 3.8) is 0 Å². The van der Waals surface area contributed by atoms with Crippen LogP contribution in [0.4, 0.5) is 0 Å². The van der Waals surface area contributed by atoms with Gasteiger partial charge < -0.3 is 15.3 Å². The lowest BCUT2D eigenvalue weighted by atomic mass is 10.1. The van der Waals surface area contributed by atoms with Gasteiger partial charge in [-0.15, -0.1) is 11.8 Å². The van der Waals surface area contributed by atoms with Crippen LogP contribution in [0.3, 0.4) is 0 Å². The smallest absolute Gasteiger partial charge is 0.336 e. The van der Waals surface area contributed by atoms with Gasteiger partial charge in [-0.1, -0.05) is 6.07 Å². The number of hydrogen-bond acceptors (Lipinski definition) is 5. The van der Waals surface area contributed by atoms with Crippen molar-refractivity contribution in [2.75, 3.05) is 12.4 Å². The Labute approximate surface area is 113 Å². The maximum absolute atomic E-state index is 11.1. The first-order valence-corrected chi connectivity index (χ1v) is 6.65. The van der Waals surface area contributed by atoms with E-state index in [1.165, 1.54) is 17.8 Å². The summed E-state index contributed by atoms with van der Waals surface area (Å²) in [7, 11) is 0. The van der Waals surface area contributed by atoms with Gasteiger partial charge in [0.05, 0.1) is 28.8 Å². The van der Waals surface area contributed by atoms with E-state index in [1.807, 2.05) is 0 Å². The Bertz CT molecular complexity index is 602. The third-order valence-corrected chi connectivity index (χ3v) is 3.65. The fourth-order valence-corrected chi connectivity index (χ4v) is 2.43. The highest BCUT2D eigenvalue weighted by atomic mass is 32.2. The summed E-state index contributed by atoms with van der Waals surface area (Å²) in [4.78, 5) is 15.4. The molecule has 0 saturated heterocycles. The van der Waals surface area contributed by atoms with Gasteiger partial charge in [0.2, 0.25) is 0 Å². The predicted octanol–water partition coefficient (Wildman–Crippen LogP) is 1.38. The van der Waals surface area contributed by atoms with Crippen molar-refractivity contribution >= 4 is 28.6 Å². The highest BCUT2D eigenvalue weighted by Gasteiger charge is 2.10. The number of carboxylic acids is 1. The van der Waals surface area contributed by atoms with E-state index in [2.05, 4.69) is 4.98 Å². The Morgan fingerprint density at radius 3 is 2.79 bits per heavy atom. The number of fused-ring (bicyclic) bond motifs is 1. The summed E-state index contributed by atoms with van der Waals surface area (Å²) in [6.07, 6.45) is -0.784. The minimum atomic E-state index is -0.983. The topological polar surface area (TPSA) is 90.7 Å². The highest BCUT2D eigenvalue weighted by Crippen LogP contribution is 2.23. The largest absolute Gasteiger partial charge is 0.478 e. The van der Waals surface area contributed by atoms with E-state index in [-0.39, 0.29) is 12.2 Å². The molecule has 0 radical (unpaired) electrons. The van der Waals surface area contributed by atoms with E-state index in [0.29, 0.717) is 21.7 Å². The molecule has 6 heteroatoms. The molecule has 0 saturated carbocycles. The second kappa shape index (κ2) is 6.01. The quantitative estimate of drug-likeness (QED) is 0.716. The molecule has 3 N–H and O–H groups in total. The van der Waals surface area contributed by atoms with Crippen molar-refractivity contribution in [2.24, 2.45) is 0 Å². The average Bonchev–Trinajstić information content (AvgIpc) is 2.43. The first-order valence-electron chi connectivity index (χ1n) is 5.66. The third-order valence-electron chi connectivity index (χ3n) is 2.57. The van der Waals surface area contributed by atoms with Crippen LogP contribution in [0.2, 0.25) is 0 Å². The van der Waals surface area contributed by atoms with Crippen molar-refractivity contribution in [3.05, 3.63) is 35.9 Å². The second-order valence-electron chi connectivity index (χ2n) is 3.97. The van der Waals surface area contributed by atoms with E-state index in [9.17, 15) is 9.90 Å². The molecule has 5 nitrogen and oxygen atoms in total. The van der Waals surface area contributed by atoms with Crippen LogP contribution in [0.5, 0.6) is 0 Å². The number of hydrogen-bond donors (Lipinski definition) is 3. The molecule has 0 aliphatic rings. The van der Waals surface area contributed by atoms with Gasteiger partial charge in [-0.25, -0.2) is 9.78 Å². The number of carboxylic acid groups (broad SMARTS) is 1. The van der Waals surface area contributed by atoms with E-state index < -0.39 is 12.1 Å². The van der Waals surface area contributed by atoms with Crippen LogP contribution in [-0.2, 0) is 0 Å². The van der Waals surface area contributed by atoms with Gasteiger partial charge in [-0.05, 0) is 24.3 Å². The monoisotopic (exact) mass is 279 g/mol. The van der Waals surface area contributed by atoms with E-state index in [0.717, 1.165) is 0 Å². The van der Waals surface area contributed by atoms with Crippen molar-refractivity contribution in [1.29, 1.82) is 0 Å². The maximum Gasteiger partial charge on any atom is 0.336 e. The summed E-state index contributed by atoms with van der Waals surface area (Å²) >= 11 is 1.31. The van der Waals surface area contributed by atoms with Crippen molar-refractivity contribution in [1.82, 2.24) is 4.98 Å². The summed E-state index contributed by atoms with van der Waals surface area (Å²) in [5.41, 5.74) is 0.820. The third kappa shape index (κ3) is 3.23. The summed E-state index contributed by atoms with van der Waals surface area (Å²) in [6, 6.07) is 8.35. The number of thioether (sulfide) groups is 1. The summed E-state index contributed by atoms with van der Waals surface area (Å²) in [5.74, 6) is -0.642. The number of carbonyl (C=O) groups is 1. The molecule has 1 aromatic carbocycles. The lowest BCUT2D eigenvalue weighted by Gasteiger charge is -2.07. The molecule has 2 rings (SSSR count). The first-order chi connectivity index (χ1) is 9.11. The lowest BCUT2D eigenvalue weighted by molar-refractivity contribution is 0.0699. The number of nitrogens with zero attached hydrogens (tertiary/aromatic N) is 1. The van der Waals surface area contributed by atoms with Gasteiger partial charge in [-0.3, -0.25) is 0 Å². The van der Waals surface area contributed by atoms with E-state index in [4.69, 9.17) is 10.2 Å². The Balaban J connectivity index is 2.29. The molecule has 1 heterocycles. The minimum Gasteiger partial charge on any atom is -0.478 e. The summed E-state index contributed by atoms with van der Waals surface area (Å²) in [6.45, 7) is -0.288. The molecule has 0 aliphatic carbocycles. The van der Waals surface area contributed by atoms with Gasteiger partial charge in [0.1, 0.15) is 0 Å². The van der Waals surface area contributed by atoms with Crippen LogP contribution in [0.25, 0.3) is 10.9 Å². The minimum absolute atomic E-state index is 0.219. The number of rotatable bonds is 5. The fourth-order valence-electron chi connectivity index (χ4n) is 1.64. The van der Waals surface area contributed by atoms with E-state index >= 15 is 0 Å². The lowest BCUT2D eigenvalue weighted by Crippen LogP contribution is -2.14. The summed E-state index contributed by atoms with van der Waals surface area (Å²) in [5, 5.41) is 28.3. The normalized spacial score (nSPS) is 12.5. The van der Waals surface area contributed by atoms with Gasteiger partial charge in [0.15, 0.2) is 0 Å². The molecule has 0 spiro atoms. The van der Waals surface area contributed by atoms with Crippen LogP contribution in [0.1, 0.15) is 10.4 Å². The van der Waals surface area contributed by atoms with Gasteiger partial charge >= 0.3 is 5.97 Å². The van der Waals surface area contributed by atoms with Crippen LogP contribution < -0.4 is 0 Å². The van der Waals surface area contributed by atoms with E-state index in [1.54, 1.807) is 24.3 Å². The molecular weight excluding hydrogens is 266 g/mol. The molecule has 1 atom stereocenters. The average molecular weight is 279 g/mol. The standard InChI is InChI=1S/C13H13NO4S/c15-6-8(16)7-19-12-5-4-9-10(13(17)18)2-1-3-11(9)14-12/h1-5,8,15-16H,6-7H2,(H,17,18). The van der Waals surface area contributed by atoms with Gasteiger partial charge in [0.25, 0.3) is 0 Å². The summed E-state index contributed by atoms with van der Waals surface area (Å²) < 4.78 is 0. The zero-order valence-electron chi connectivity index (χ0n) is 9.98.